The molecule has 3 atom stereocenters. The zero-order valence-electron chi connectivity index (χ0n) is 15.7. The lowest BCUT2D eigenvalue weighted by atomic mass is 9.75. The first-order valence-corrected chi connectivity index (χ1v) is 10.00. The Morgan fingerprint density at radius 1 is 1.07 bits per heavy atom. The van der Waals surface area contributed by atoms with Gasteiger partial charge in [0.1, 0.15) is 5.75 Å². The fourth-order valence-electron chi connectivity index (χ4n) is 5.59. The number of piperidine rings is 3. The molecule has 2 aromatic rings. The summed E-state index contributed by atoms with van der Waals surface area (Å²) in [5.74, 6) is 1.02. The molecule has 5 nitrogen and oxygen atoms in total. The highest BCUT2D eigenvalue weighted by Crippen LogP contribution is 2.47. The van der Waals surface area contributed by atoms with E-state index in [2.05, 4.69) is 17.0 Å². The van der Waals surface area contributed by atoms with E-state index in [0.717, 1.165) is 31.5 Å². The molecule has 1 N–H and O–H groups in total. The van der Waals surface area contributed by atoms with E-state index in [1.807, 2.05) is 17.0 Å². The zero-order chi connectivity index (χ0) is 19.3. The van der Waals surface area contributed by atoms with Crippen LogP contribution < -0.4 is 0 Å². The van der Waals surface area contributed by atoms with Crippen LogP contribution in [0.2, 0.25) is 0 Å². The van der Waals surface area contributed by atoms with Crippen molar-refractivity contribution in [1.82, 2.24) is 9.80 Å². The standard InChI is InChI=1S/C23H23N3O2/c24-13-15-3-1-5-18(11-15)23(28)26-14-20(17-4-2-6-19(27)12-17)22-21(26)16-7-9-25(22)10-8-16/h1-6,11-12,16,20-22,27H,7-10,14H2. The number of nitriles is 1. The summed E-state index contributed by atoms with van der Waals surface area (Å²) >= 11 is 0. The minimum atomic E-state index is 0.0171. The van der Waals surface area contributed by atoms with Crippen LogP contribution in [-0.4, -0.2) is 52.5 Å². The van der Waals surface area contributed by atoms with Gasteiger partial charge in [-0.2, -0.15) is 5.26 Å². The Hall–Kier alpha value is -2.84. The average molecular weight is 373 g/mol. The number of rotatable bonds is 2. The number of benzene rings is 2. The molecular weight excluding hydrogens is 350 g/mol. The third-order valence-electron chi connectivity index (χ3n) is 6.79. The number of likely N-dealkylation sites (tertiary alicyclic amines) is 1. The van der Waals surface area contributed by atoms with Gasteiger partial charge >= 0.3 is 0 Å². The van der Waals surface area contributed by atoms with Crippen LogP contribution in [0.15, 0.2) is 48.5 Å². The Kier molecular flexibility index (Phi) is 4.10. The predicted octanol–water partition coefficient (Wildman–Crippen LogP) is 2.97. The van der Waals surface area contributed by atoms with Crippen LogP contribution in [0.3, 0.4) is 0 Å². The van der Waals surface area contributed by atoms with Crippen LogP contribution in [0.1, 0.15) is 40.2 Å². The van der Waals surface area contributed by atoms with Crippen molar-refractivity contribution < 1.29 is 9.90 Å². The van der Waals surface area contributed by atoms with Crippen molar-refractivity contribution in [3.8, 4) is 11.8 Å². The van der Waals surface area contributed by atoms with E-state index in [0.29, 0.717) is 29.6 Å². The summed E-state index contributed by atoms with van der Waals surface area (Å²) in [6, 6.07) is 17.1. The van der Waals surface area contributed by atoms with E-state index in [1.165, 1.54) is 0 Å². The molecule has 5 heteroatoms. The quantitative estimate of drug-likeness (QED) is 0.879. The van der Waals surface area contributed by atoms with Crippen LogP contribution in [0.5, 0.6) is 5.75 Å². The van der Waals surface area contributed by atoms with Gasteiger partial charge in [-0.05, 0) is 67.7 Å². The Morgan fingerprint density at radius 2 is 1.86 bits per heavy atom. The predicted molar refractivity (Wildman–Crippen MR) is 105 cm³/mol. The molecule has 142 valence electrons. The molecule has 0 spiro atoms. The normalized spacial score (nSPS) is 30.7. The summed E-state index contributed by atoms with van der Waals surface area (Å²) in [5, 5.41) is 19.2. The summed E-state index contributed by atoms with van der Waals surface area (Å²) < 4.78 is 0. The van der Waals surface area contributed by atoms with Crippen LogP contribution >= 0.6 is 0 Å². The molecule has 0 aliphatic carbocycles. The van der Waals surface area contributed by atoms with Crippen molar-refractivity contribution in [2.45, 2.75) is 30.8 Å². The molecule has 0 saturated carbocycles. The lowest BCUT2D eigenvalue weighted by molar-refractivity contribution is -0.00341. The van der Waals surface area contributed by atoms with Crippen molar-refractivity contribution in [1.29, 1.82) is 5.26 Å². The largest absolute Gasteiger partial charge is 0.508 e. The molecule has 2 bridgehead atoms. The van der Waals surface area contributed by atoms with E-state index < -0.39 is 0 Å². The molecule has 4 heterocycles. The molecule has 0 radical (unpaired) electrons. The summed E-state index contributed by atoms with van der Waals surface area (Å²) in [5.41, 5.74) is 2.20. The third-order valence-corrected chi connectivity index (χ3v) is 6.79. The summed E-state index contributed by atoms with van der Waals surface area (Å²) in [6.45, 7) is 2.83. The molecular formula is C23H23N3O2. The SMILES string of the molecule is N#Cc1cccc(C(=O)N2CC(c3cccc(O)c3)C3C2C2CCN3CC2)c1. The minimum Gasteiger partial charge on any atom is -0.508 e. The fourth-order valence-corrected chi connectivity index (χ4v) is 5.59. The number of hydrogen-bond acceptors (Lipinski definition) is 4. The van der Waals surface area contributed by atoms with Gasteiger partial charge in [0.25, 0.3) is 5.91 Å². The molecule has 4 fully saturated rings. The highest BCUT2D eigenvalue weighted by Gasteiger charge is 2.54. The van der Waals surface area contributed by atoms with Gasteiger partial charge in [-0.3, -0.25) is 9.69 Å². The van der Waals surface area contributed by atoms with Crippen molar-refractivity contribution in [3.05, 3.63) is 65.2 Å². The smallest absolute Gasteiger partial charge is 0.254 e. The fraction of sp³-hybridized carbons (Fsp3) is 0.391. The van der Waals surface area contributed by atoms with Crippen molar-refractivity contribution >= 4 is 5.91 Å². The highest BCUT2D eigenvalue weighted by atomic mass is 16.3. The second-order valence-corrected chi connectivity index (χ2v) is 8.21. The van der Waals surface area contributed by atoms with Gasteiger partial charge in [0.2, 0.25) is 0 Å². The number of carbonyl (C=O) groups excluding carboxylic acids is 1. The second kappa shape index (κ2) is 6.65. The van der Waals surface area contributed by atoms with Gasteiger partial charge in [-0.25, -0.2) is 0 Å². The third kappa shape index (κ3) is 2.68. The molecule has 4 saturated heterocycles. The number of nitrogens with zero attached hydrogens (tertiary/aromatic N) is 3. The van der Waals surface area contributed by atoms with Gasteiger partial charge in [0.15, 0.2) is 0 Å². The summed E-state index contributed by atoms with van der Waals surface area (Å²) in [6.07, 6.45) is 2.27. The number of aromatic hydroxyl groups is 1. The lowest BCUT2D eigenvalue weighted by Crippen LogP contribution is -2.60. The van der Waals surface area contributed by atoms with Gasteiger partial charge in [-0.1, -0.05) is 18.2 Å². The first-order valence-electron chi connectivity index (χ1n) is 10.00. The number of phenols is 1. The zero-order valence-corrected chi connectivity index (χ0v) is 15.7. The van der Waals surface area contributed by atoms with E-state index in [4.69, 9.17) is 0 Å². The van der Waals surface area contributed by atoms with Crippen LogP contribution in [0.25, 0.3) is 0 Å². The molecule has 2 aromatic carbocycles. The number of amides is 1. The first-order chi connectivity index (χ1) is 13.7. The number of fused-ring (bicyclic) bond motifs is 2. The average Bonchev–Trinajstić information content (AvgIpc) is 3.17. The number of hydrogen-bond donors (Lipinski definition) is 1. The van der Waals surface area contributed by atoms with Crippen molar-refractivity contribution in [3.63, 3.8) is 0 Å². The second-order valence-electron chi connectivity index (χ2n) is 8.21. The molecule has 4 aliphatic heterocycles. The Bertz CT molecular complexity index is 958. The molecule has 28 heavy (non-hydrogen) atoms. The van der Waals surface area contributed by atoms with E-state index >= 15 is 0 Å². The Balaban J connectivity index is 1.53. The molecule has 6 rings (SSSR count). The van der Waals surface area contributed by atoms with Gasteiger partial charge in [0, 0.05) is 24.1 Å². The first kappa shape index (κ1) is 17.3. The Morgan fingerprint density at radius 3 is 2.61 bits per heavy atom. The minimum absolute atomic E-state index is 0.0171. The van der Waals surface area contributed by atoms with E-state index in [9.17, 15) is 15.2 Å². The van der Waals surface area contributed by atoms with E-state index in [-0.39, 0.29) is 23.6 Å². The van der Waals surface area contributed by atoms with Gasteiger partial charge in [0.05, 0.1) is 17.7 Å². The topological polar surface area (TPSA) is 67.6 Å². The van der Waals surface area contributed by atoms with Crippen molar-refractivity contribution in [2.24, 2.45) is 5.92 Å². The maximum Gasteiger partial charge on any atom is 0.254 e. The highest BCUT2D eigenvalue weighted by molar-refractivity contribution is 5.95. The van der Waals surface area contributed by atoms with Gasteiger partial charge in [-0.15, -0.1) is 0 Å². The summed E-state index contributed by atoms with van der Waals surface area (Å²) in [7, 11) is 0. The van der Waals surface area contributed by atoms with Crippen LogP contribution in [0, 0.1) is 17.2 Å². The van der Waals surface area contributed by atoms with E-state index in [1.54, 1.807) is 30.3 Å². The maximum atomic E-state index is 13.4. The monoisotopic (exact) mass is 373 g/mol. The molecule has 0 aromatic heterocycles. The number of phenolic OH excluding ortho intramolecular Hbond substituents is 1. The van der Waals surface area contributed by atoms with Crippen LogP contribution in [0.4, 0.5) is 0 Å². The lowest BCUT2D eigenvalue weighted by Gasteiger charge is -2.51. The summed E-state index contributed by atoms with van der Waals surface area (Å²) in [4.78, 5) is 18.0. The maximum absolute atomic E-state index is 13.4. The molecule has 4 aliphatic rings. The van der Waals surface area contributed by atoms with Crippen molar-refractivity contribution in [2.75, 3.05) is 19.6 Å². The van der Waals surface area contributed by atoms with Gasteiger partial charge < -0.3 is 10.0 Å². The molecule has 1 amide bonds. The van der Waals surface area contributed by atoms with Crippen LogP contribution in [-0.2, 0) is 0 Å². The number of carbonyl (C=O) groups is 1. The Labute approximate surface area is 164 Å². The molecule has 3 unspecified atom stereocenters.